The number of phenols is 1. The maximum atomic E-state index is 11.8. The molecule has 2 rings (SSSR count). The number of ether oxygens (including phenoxy) is 1. The summed E-state index contributed by atoms with van der Waals surface area (Å²) in [5, 5.41) is 12.2. The molecule has 5 nitrogen and oxygen atoms in total. The van der Waals surface area contributed by atoms with Crippen LogP contribution in [0.2, 0.25) is 0 Å². The van der Waals surface area contributed by atoms with Crippen LogP contribution in [0, 0.1) is 5.92 Å². The lowest BCUT2D eigenvalue weighted by Gasteiger charge is -2.26. The van der Waals surface area contributed by atoms with Gasteiger partial charge in [-0.1, -0.05) is 13.0 Å². The first kappa shape index (κ1) is 15.4. The molecular weight excluding hydrogens is 270 g/mol. The lowest BCUT2D eigenvalue weighted by molar-refractivity contribution is -0.125. The zero-order valence-electron chi connectivity index (χ0n) is 12.2. The molecule has 0 heterocycles. The first-order valence-corrected chi connectivity index (χ1v) is 7.30. The van der Waals surface area contributed by atoms with Crippen molar-refractivity contribution in [3.8, 4) is 5.75 Å². The largest absolute Gasteiger partial charge is 0.508 e. The molecule has 0 atom stereocenters. The Morgan fingerprint density at radius 1 is 1.29 bits per heavy atom. The molecular formula is C16H21NO4. The van der Waals surface area contributed by atoms with E-state index in [9.17, 15) is 14.7 Å². The van der Waals surface area contributed by atoms with Crippen LogP contribution in [0.4, 0.5) is 0 Å². The first-order chi connectivity index (χ1) is 10.0. The summed E-state index contributed by atoms with van der Waals surface area (Å²) < 4.78 is 4.95. The van der Waals surface area contributed by atoms with Gasteiger partial charge in [-0.25, -0.2) is 4.79 Å². The molecule has 0 aliphatic heterocycles. The predicted molar refractivity (Wildman–Crippen MR) is 78.0 cm³/mol. The van der Waals surface area contributed by atoms with Gasteiger partial charge in [-0.3, -0.25) is 4.79 Å². The molecule has 0 radical (unpaired) electrons. The molecule has 1 aliphatic carbocycles. The number of benzene rings is 1. The van der Waals surface area contributed by atoms with Gasteiger partial charge in [0.25, 0.3) is 5.91 Å². The van der Waals surface area contributed by atoms with Crippen LogP contribution in [0.3, 0.4) is 0 Å². The summed E-state index contributed by atoms with van der Waals surface area (Å²) in [5.74, 6) is -0.173. The highest BCUT2D eigenvalue weighted by Crippen LogP contribution is 2.23. The standard InChI is InChI=1S/C16H21NO4/c1-11-5-7-13(8-6-11)17-15(19)10-21-16(20)12-3-2-4-14(18)9-12/h2-4,9,11,13,18H,5-8,10H2,1H3,(H,17,19). The highest BCUT2D eigenvalue weighted by atomic mass is 16.5. The minimum atomic E-state index is -0.613. The smallest absolute Gasteiger partial charge is 0.338 e. The van der Waals surface area contributed by atoms with Gasteiger partial charge in [0.2, 0.25) is 0 Å². The molecule has 1 fully saturated rings. The maximum absolute atomic E-state index is 11.8. The van der Waals surface area contributed by atoms with Crippen molar-refractivity contribution in [3.05, 3.63) is 29.8 Å². The van der Waals surface area contributed by atoms with Crippen LogP contribution in [0.1, 0.15) is 43.0 Å². The number of carbonyl (C=O) groups is 2. The van der Waals surface area contributed by atoms with Gasteiger partial charge in [-0.2, -0.15) is 0 Å². The van der Waals surface area contributed by atoms with E-state index >= 15 is 0 Å². The maximum Gasteiger partial charge on any atom is 0.338 e. The van der Waals surface area contributed by atoms with E-state index in [1.807, 2.05) is 0 Å². The van der Waals surface area contributed by atoms with E-state index in [0.717, 1.165) is 31.6 Å². The van der Waals surface area contributed by atoms with Crippen molar-refractivity contribution in [1.82, 2.24) is 5.32 Å². The number of carbonyl (C=O) groups excluding carboxylic acids is 2. The second kappa shape index (κ2) is 7.11. The highest BCUT2D eigenvalue weighted by molar-refractivity contribution is 5.91. The van der Waals surface area contributed by atoms with Crippen LogP contribution in [0.5, 0.6) is 5.75 Å². The Labute approximate surface area is 124 Å². The third-order valence-corrected chi connectivity index (χ3v) is 3.80. The molecule has 21 heavy (non-hydrogen) atoms. The average Bonchev–Trinajstić information content (AvgIpc) is 2.47. The van der Waals surface area contributed by atoms with Crippen LogP contribution in [0.25, 0.3) is 0 Å². The number of hydrogen-bond acceptors (Lipinski definition) is 4. The van der Waals surface area contributed by atoms with Crippen molar-refractivity contribution in [2.24, 2.45) is 5.92 Å². The van der Waals surface area contributed by atoms with Gasteiger partial charge in [0, 0.05) is 6.04 Å². The number of nitrogens with one attached hydrogen (secondary N) is 1. The van der Waals surface area contributed by atoms with Gasteiger partial charge in [-0.15, -0.1) is 0 Å². The van der Waals surface area contributed by atoms with Crippen LogP contribution < -0.4 is 5.32 Å². The summed E-state index contributed by atoms with van der Waals surface area (Å²) in [6, 6.07) is 6.04. The van der Waals surface area contributed by atoms with E-state index in [2.05, 4.69) is 12.2 Å². The number of phenolic OH excluding ortho intramolecular Hbond substituents is 1. The van der Waals surface area contributed by atoms with E-state index in [0.29, 0.717) is 0 Å². The molecule has 1 amide bonds. The third kappa shape index (κ3) is 4.77. The van der Waals surface area contributed by atoms with Gasteiger partial charge < -0.3 is 15.2 Å². The van der Waals surface area contributed by atoms with Crippen molar-refractivity contribution in [2.75, 3.05) is 6.61 Å². The lowest BCUT2D eigenvalue weighted by Crippen LogP contribution is -2.39. The topological polar surface area (TPSA) is 75.6 Å². The Kier molecular flexibility index (Phi) is 5.20. The van der Waals surface area contributed by atoms with Crippen LogP contribution in [-0.4, -0.2) is 29.6 Å². The lowest BCUT2D eigenvalue weighted by atomic mass is 9.87. The minimum Gasteiger partial charge on any atom is -0.508 e. The molecule has 0 saturated heterocycles. The van der Waals surface area contributed by atoms with Crippen molar-refractivity contribution in [2.45, 2.75) is 38.6 Å². The van der Waals surface area contributed by atoms with Crippen LogP contribution in [-0.2, 0) is 9.53 Å². The molecule has 2 N–H and O–H groups in total. The summed E-state index contributed by atoms with van der Waals surface area (Å²) in [6.07, 6.45) is 4.20. The zero-order chi connectivity index (χ0) is 15.2. The van der Waals surface area contributed by atoms with Gasteiger partial charge in [0.1, 0.15) is 5.75 Å². The number of esters is 1. The van der Waals surface area contributed by atoms with Crippen molar-refractivity contribution < 1.29 is 19.4 Å². The number of amides is 1. The molecule has 1 aromatic carbocycles. The van der Waals surface area contributed by atoms with E-state index in [1.54, 1.807) is 6.07 Å². The normalized spacial score (nSPS) is 21.6. The van der Waals surface area contributed by atoms with E-state index < -0.39 is 5.97 Å². The Bertz CT molecular complexity index is 507. The number of aromatic hydroxyl groups is 1. The Morgan fingerprint density at radius 3 is 2.67 bits per heavy atom. The predicted octanol–water partition coefficient (Wildman–Crippen LogP) is 2.24. The summed E-state index contributed by atoms with van der Waals surface area (Å²) in [7, 11) is 0. The second-order valence-corrected chi connectivity index (χ2v) is 5.65. The van der Waals surface area contributed by atoms with Gasteiger partial charge in [0.15, 0.2) is 6.61 Å². The minimum absolute atomic E-state index is 0.00905. The molecule has 0 aromatic heterocycles. The van der Waals surface area contributed by atoms with Gasteiger partial charge >= 0.3 is 5.97 Å². The SMILES string of the molecule is CC1CCC(NC(=O)COC(=O)c2cccc(O)c2)CC1. The Hall–Kier alpha value is -2.04. The van der Waals surface area contributed by atoms with E-state index in [-0.39, 0.29) is 29.9 Å². The van der Waals surface area contributed by atoms with Crippen LogP contribution >= 0.6 is 0 Å². The number of rotatable bonds is 4. The molecule has 114 valence electrons. The Balaban J connectivity index is 1.75. The summed E-state index contributed by atoms with van der Waals surface area (Å²) >= 11 is 0. The monoisotopic (exact) mass is 291 g/mol. The quantitative estimate of drug-likeness (QED) is 0.834. The fourth-order valence-corrected chi connectivity index (χ4v) is 2.52. The van der Waals surface area contributed by atoms with Crippen molar-refractivity contribution in [3.63, 3.8) is 0 Å². The summed E-state index contributed by atoms with van der Waals surface area (Å²) in [6.45, 7) is 1.93. The molecule has 1 saturated carbocycles. The molecule has 1 aliphatic rings. The van der Waals surface area contributed by atoms with E-state index in [4.69, 9.17) is 4.74 Å². The fraction of sp³-hybridized carbons (Fsp3) is 0.500. The molecule has 0 unspecified atom stereocenters. The van der Waals surface area contributed by atoms with Crippen molar-refractivity contribution in [1.29, 1.82) is 0 Å². The first-order valence-electron chi connectivity index (χ1n) is 7.30. The Morgan fingerprint density at radius 2 is 2.00 bits per heavy atom. The summed E-state index contributed by atoms with van der Waals surface area (Å²) in [5.41, 5.74) is 0.231. The third-order valence-electron chi connectivity index (χ3n) is 3.80. The van der Waals surface area contributed by atoms with Crippen molar-refractivity contribution >= 4 is 11.9 Å². The second-order valence-electron chi connectivity index (χ2n) is 5.65. The van der Waals surface area contributed by atoms with Crippen LogP contribution in [0.15, 0.2) is 24.3 Å². The highest BCUT2D eigenvalue weighted by Gasteiger charge is 2.20. The zero-order valence-corrected chi connectivity index (χ0v) is 12.2. The number of hydrogen-bond donors (Lipinski definition) is 2. The molecule has 1 aromatic rings. The fourth-order valence-electron chi connectivity index (χ4n) is 2.52. The molecule has 5 heteroatoms. The van der Waals surface area contributed by atoms with Gasteiger partial charge in [0.05, 0.1) is 5.56 Å². The van der Waals surface area contributed by atoms with Gasteiger partial charge in [-0.05, 0) is 49.8 Å². The molecule has 0 spiro atoms. The summed E-state index contributed by atoms with van der Waals surface area (Å²) in [4.78, 5) is 23.5. The average molecular weight is 291 g/mol. The molecule has 0 bridgehead atoms. The van der Waals surface area contributed by atoms with E-state index in [1.165, 1.54) is 18.2 Å².